The first-order valence-corrected chi connectivity index (χ1v) is 7.13. The van der Waals surface area contributed by atoms with Crippen molar-refractivity contribution >= 4 is 12.1 Å². The third-order valence-corrected chi connectivity index (χ3v) is 3.02. The van der Waals surface area contributed by atoms with Crippen LogP contribution in [0.15, 0.2) is 53.6 Å². The molecule has 0 atom stereocenters. The first-order valence-electron chi connectivity index (χ1n) is 7.13. The summed E-state index contributed by atoms with van der Waals surface area (Å²) in [4.78, 5) is 11.9. The molecule has 2 aromatic rings. The van der Waals surface area contributed by atoms with E-state index in [1.54, 1.807) is 24.3 Å². The van der Waals surface area contributed by atoms with Crippen molar-refractivity contribution in [3.63, 3.8) is 0 Å². The monoisotopic (exact) mass is 336 g/mol. The van der Waals surface area contributed by atoms with Gasteiger partial charge in [0.05, 0.1) is 18.4 Å². The number of carbonyl (C=O) groups is 1. The molecule has 0 radical (unpaired) electrons. The van der Waals surface area contributed by atoms with Gasteiger partial charge in [-0.25, -0.2) is 5.43 Å². The number of hydrogen-bond acceptors (Lipinski definition) is 3. The number of carbonyl (C=O) groups excluding carboxylic acids is 1. The van der Waals surface area contributed by atoms with Crippen molar-refractivity contribution in [1.82, 2.24) is 5.43 Å². The molecule has 2 rings (SSSR count). The van der Waals surface area contributed by atoms with Gasteiger partial charge in [0.1, 0.15) is 5.75 Å². The van der Waals surface area contributed by atoms with Gasteiger partial charge >= 0.3 is 6.18 Å². The van der Waals surface area contributed by atoms with Crippen molar-refractivity contribution in [3.8, 4) is 5.75 Å². The van der Waals surface area contributed by atoms with Crippen molar-refractivity contribution in [2.24, 2.45) is 5.10 Å². The minimum atomic E-state index is -4.42. The fourth-order valence-corrected chi connectivity index (χ4v) is 1.89. The predicted octanol–water partition coefficient (Wildman–Crippen LogP) is 3.87. The van der Waals surface area contributed by atoms with Gasteiger partial charge in [-0.15, -0.1) is 0 Å². The maximum Gasteiger partial charge on any atom is 0.416 e. The number of hydrogen-bond donors (Lipinski definition) is 1. The van der Waals surface area contributed by atoms with E-state index >= 15 is 0 Å². The zero-order valence-corrected chi connectivity index (χ0v) is 12.8. The molecule has 0 saturated heterocycles. The van der Waals surface area contributed by atoms with Gasteiger partial charge in [-0.2, -0.15) is 18.3 Å². The van der Waals surface area contributed by atoms with Gasteiger partial charge in [0, 0.05) is 5.56 Å². The van der Waals surface area contributed by atoms with Gasteiger partial charge in [-0.05, 0) is 48.9 Å². The van der Waals surface area contributed by atoms with Crippen molar-refractivity contribution in [3.05, 3.63) is 65.2 Å². The SMILES string of the molecule is CCOc1ccc(C(=O)N/N=C/c2cccc(C(F)(F)F)c2)cc1. The molecular weight excluding hydrogens is 321 g/mol. The van der Waals surface area contributed by atoms with Crippen LogP contribution in [0.2, 0.25) is 0 Å². The van der Waals surface area contributed by atoms with Crippen molar-refractivity contribution in [2.75, 3.05) is 6.61 Å². The van der Waals surface area contributed by atoms with Crippen molar-refractivity contribution in [2.45, 2.75) is 13.1 Å². The summed E-state index contributed by atoms with van der Waals surface area (Å²) in [5, 5.41) is 3.68. The van der Waals surface area contributed by atoms with Gasteiger partial charge in [-0.1, -0.05) is 12.1 Å². The summed E-state index contributed by atoms with van der Waals surface area (Å²) < 4.78 is 43.1. The van der Waals surface area contributed by atoms with Crippen LogP contribution in [0, 0.1) is 0 Å². The summed E-state index contributed by atoms with van der Waals surface area (Å²) in [6.07, 6.45) is -3.27. The van der Waals surface area contributed by atoms with Crippen LogP contribution in [0.3, 0.4) is 0 Å². The highest BCUT2D eigenvalue weighted by atomic mass is 19.4. The second kappa shape index (κ2) is 7.63. The minimum Gasteiger partial charge on any atom is -0.494 e. The first kappa shape index (κ1) is 17.5. The number of alkyl halides is 3. The quantitative estimate of drug-likeness (QED) is 0.666. The highest BCUT2D eigenvalue weighted by molar-refractivity contribution is 5.95. The van der Waals surface area contributed by atoms with Gasteiger partial charge < -0.3 is 4.74 Å². The van der Waals surface area contributed by atoms with Crippen molar-refractivity contribution in [1.29, 1.82) is 0 Å². The topological polar surface area (TPSA) is 50.7 Å². The van der Waals surface area contributed by atoms with Gasteiger partial charge in [0.2, 0.25) is 0 Å². The lowest BCUT2D eigenvalue weighted by Crippen LogP contribution is -2.17. The molecule has 0 heterocycles. The van der Waals surface area contributed by atoms with E-state index in [1.807, 2.05) is 6.92 Å². The smallest absolute Gasteiger partial charge is 0.416 e. The van der Waals surface area contributed by atoms with E-state index in [4.69, 9.17) is 4.74 Å². The van der Waals surface area contributed by atoms with E-state index in [9.17, 15) is 18.0 Å². The maximum absolute atomic E-state index is 12.6. The molecular formula is C17H15F3N2O2. The van der Waals surface area contributed by atoms with Crippen LogP contribution in [0.25, 0.3) is 0 Å². The number of halogens is 3. The molecule has 0 fully saturated rings. The molecule has 0 spiro atoms. The molecule has 1 amide bonds. The molecule has 0 aliphatic rings. The van der Waals surface area contributed by atoms with Crippen LogP contribution < -0.4 is 10.2 Å². The van der Waals surface area contributed by atoms with Gasteiger partial charge in [0.25, 0.3) is 5.91 Å². The third-order valence-electron chi connectivity index (χ3n) is 3.02. The number of ether oxygens (including phenoxy) is 1. The normalized spacial score (nSPS) is 11.5. The summed E-state index contributed by atoms with van der Waals surface area (Å²) in [5.74, 6) is 0.169. The summed E-state index contributed by atoms with van der Waals surface area (Å²) in [5.41, 5.74) is 2.09. The average Bonchev–Trinajstić information content (AvgIpc) is 2.55. The number of amides is 1. The standard InChI is InChI=1S/C17H15F3N2O2/c1-2-24-15-8-6-13(7-9-15)16(23)22-21-11-12-4-3-5-14(10-12)17(18,19)20/h3-11H,2H2,1H3,(H,22,23)/b21-11+. The molecule has 0 aliphatic carbocycles. The first-order chi connectivity index (χ1) is 11.4. The Bertz CT molecular complexity index is 725. The van der Waals surface area contributed by atoms with Crippen LogP contribution in [0.4, 0.5) is 13.2 Å². The number of nitrogens with one attached hydrogen (secondary N) is 1. The van der Waals surface area contributed by atoms with E-state index in [1.165, 1.54) is 12.1 Å². The number of hydrazone groups is 1. The van der Waals surface area contributed by atoms with E-state index in [2.05, 4.69) is 10.5 Å². The fourth-order valence-electron chi connectivity index (χ4n) is 1.89. The zero-order valence-electron chi connectivity index (χ0n) is 12.8. The largest absolute Gasteiger partial charge is 0.494 e. The highest BCUT2D eigenvalue weighted by Gasteiger charge is 2.30. The lowest BCUT2D eigenvalue weighted by Gasteiger charge is -2.06. The maximum atomic E-state index is 12.6. The molecule has 2 aromatic carbocycles. The molecule has 1 N–H and O–H groups in total. The molecule has 24 heavy (non-hydrogen) atoms. The Morgan fingerprint density at radius 3 is 2.54 bits per heavy atom. The van der Waals surface area contributed by atoms with Crippen LogP contribution in [0.1, 0.15) is 28.4 Å². The van der Waals surface area contributed by atoms with Crippen LogP contribution in [0.5, 0.6) is 5.75 Å². The summed E-state index contributed by atoms with van der Waals surface area (Å²) in [7, 11) is 0. The Balaban J connectivity index is 1.99. The Hall–Kier alpha value is -2.83. The fraction of sp³-hybridized carbons (Fsp3) is 0.176. The minimum absolute atomic E-state index is 0.233. The summed E-state index contributed by atoms with van der Waals surface area (Å²) in [6, 6.07) is 11.1. The van der Waals surface area contributed by atoms with Crippen LogP contribution in [-0.2, 0) is 6.18 Å². The molecule has 126 valence electrons. The molecule has 0 saturated carbocycles. The molecule has 4 nitrogen and oxygen atoms in total. The van der Waals surface area contributed by atoms with Crippen molar-refractivity contribution < 1.29 is 22.7 Å². The zero-order chi connectivity index (χ0) is 17.6. The average molecular weight is 336 g/mol. The predicted molar refractivity (Wildman–Crippen MR) is 84.1 cm³/mol. The number of benzene rings is 2. The lowest BCUT2D eigenvalue weighted by molar-refractivity contribution is -0.137. The number of nitrogens with zero attached hydrogens (tertiary/aromatic N) is 1. The Kier molecular flexibility index (Phi) is 5.57. The Morgan fingerprint density at radius 2 is 1.92 bits per heavy atom. The van der Waals surface area contributed by atoms with Crippen LogP contribution in [-0.4, -0.2) is 18.7 Å². The lowest BCUT2D eigenvalue weighted by atomic mass is 10.1. The van der Waals surface area contributed by atoms with Crippen LogP contribution >= 0.6 is 0 Å². The molecule has 0 aliphatic heterocycles. The van der Waals surface area contributed by atoms with Gasteiger partial charge in [-0.3, -0.25) is 4.79 Å². The second-order valence-corrected chi connectivity index (χ2v) is 4.78. The molecule has 0 unspecified atom stereocenters. The summed E-state index contributed by atoms with van der Waals surface area (Å²) in [6.45, 7) is 2.37. The second-order valence-electron chi connectivity index (χ2n) is 4.78. The highest BCUT2D eigenvalue weighted by Crippen LogP contribution is 2.29. The third kappa shape index (κ3) is 4.84. The molecule has 7 heteroatoms. The Morgan fingerprint density at radius 1 is 1.21 bits per heavy atom. The number of rotatable bonds is 5. The van der Waals surface area contributed by atoms with E-state index < -0.39 is 17.6 Å². The molecule has 0 aromatic heterocycles. The Labute approximate surface area is 137 Å². The van der Waals surface area contributed by atoms with E-state index in [-0.39, 0.29) is 5.56 Å². The molecule has 0 bridgehead atoms. The van der Waals surface area contributed by atoms with Gasteiger partial charge in [0.15, 0.2) is 0 Å². The summed E-state index contributed by atoms with van der Waals surface area (Å²) >= 11 is 0. The van der Waals surface area contributed by atoms with E-state index in [0.29, 0.717) is 17.9 Å². The van der Waals surface area contributed by atoms with E-state index in [0.717, 1.165) is 18.3 Å².